The Balaban J connectivity index is 2.25. The Morgan fingerprint density at radius 2 is 2.25 bits per heavy atom. The lowest BCUT2D eigenvalue weighted by molar-refractivity contribution is 0.0917. The first-order valence-corrected chi connectivity index (χ1v) is 5.11. The molecule has 1 aromatic rings. The highest BCUT2D eigenvalue weighted by molar-refractivity contribution is 7.18. The van der Waals surface area contributed by atoms with Gasteiger partial charge in [-0.15, -0.1) is 11.3 Å². The molecule has 1 heterocycles. The van der Waals surface area contributed by atoms with Crippen molar-refractivity contribution in [3.63, 3.8) is 0 Å². The molecule has 0 aromatic carbocycles. The summed E-state index contributed by atoms with van der Waals surface area (Å²) in [6.45, 7) is 2.02. The number of carbonyl (C=O) groups is 1. The first-order chi connectivity index (χ1) is 5.62. The monoisotopic (exact) mass is 200 g/mol. The zero-order valence-electron chi connectivity index (χ0n) is 6.76. The average molecular weight is 201 g/mol. The molecule has 2 rings (SSSR count). The fourth-order valence-corrected chi connectivity index (χ4v) is 2.28. The molecule has 0 saturated heterocycles. The van der Waals surface area contributed by atoms with E-state index in [0.29, 0.717) is 4.34 Å². The van der Waals surface area contributed by atoms with Crippen LogP contribution in [0.2, 0.25) is 4.34 Å². The molecule has 12 heavy (non-hydrogen) atoms. The number of hydrogen-bond donors (Lipinski definition) is 0. The van der Waals surface area contributed by atoms with Crippen LogP contribution < -0.4 is 0 Å². The van der Waals surface area contributed by atoms with Gasteiger partial charge in [-0.05, 0) is 25.0 Å². The standard InChI is InChI=1S/C9H9ClOS/c1-9(4-5-9)8(11)6-2-3-7(10)12-6/h2-3H,4-5H2,1H3. The first-order valence-electron chi connectivity index (χ1n) is 3.92. The second kappa shape index (κ2) is 2.57. The molecule has 1 aliphatic rings. The van der Waals surface area contributed by atoms with E-state index in [4.69, 9.17) is 11.6 Å². The van der Waals surface area contributed by atoms with Crippen molar-refractivity contribution < 1.29 is 4.79 Å². The minimum Gasteiger partial charge on any atom is -0.293 e. The predicted octanol–water partition coefficient (Wildman–Crippen LogP) is 3.38. The normalized spacial score (nSPS) is 19.2. The van der Waals surface area contributed by atoms with Crippen molar-refractivity contribution in [1.82, 2.24) is 0 Å². The molecule has 1 aromatic heterocycles. The first kappa shape index (κ1) is 8.27. The van der Waals surface area contributed by atoms with Crippen LogP contribution in [0.25, 0.3) is 0 Å². The maximum Gasteiger partial charge on any atom is 0.178 e. The molecule has 64 valence electrons. The third-order valence-electron chi connectivity index (χ3n) is 2.35. The Kier molecular flexibility index (Phi) is 1.77. The van der Waals surface area contributed by atoms with E-state index in [1.165, 1.54) is 11.3 Å². The topological polar surface area (TPSA) is 17.1 Å². The Morgan fingerprint density at radius 3 is 2.67 bits per heavy atom. The average Bonchev–Trinajstić information content (AvgIpc) is 2.62. The fourth-order valence-electron chi connectivity index (χ4n) is 1.15. The highest BCUT2D eigenvalue weighted by Gasteiger charge is 2.45. The van der Waals surface area contributed by atoms with E-state index in [1.54, 1.807) is 6.07 Å². The Morgan fingerprint density at radius 1 is 1.58 bits per heavy atom. The van der Waals surface area contributed by atoms with Crippen molar-refractivity contribution in [2.75, 3.05) is 0 Å². The van der Waals surface area contributed by atoms with Gasteiger partial charge >= 0.3 is 0 Å². The van der Waals surface area contributed by atoms with Crippen molar-refractivity contribution in [3.8, 4) is 0 Å². The predicted molar refractivity (Wildman–Crippen MR) is 51.0 cm³/mol. The molecule has 1 saturated carbocycles. The summed E-state index contributed by atoms with van der Waals surface area (Å²) in [6, 6.07) is 3.60. The van der Waals surface area contributed by atoms with E-state index in [-0.39, 0.29) is 11.2 Å². The molecule has 0 unspecified atom stereocenters. The number of ketones is 1. The van der Waals surface area contributed by atoms with Crippen LogP contribution in [0.3, 0.4) is 0 Å². The number of hydrogen-bond acceptors (Lipinski definition) is 2. The summed E-state index contributed by atoms with van der Waals surface area (Å²) in [5, 5.41) is 0. The number of carbonyl (C=O) groups excluding carboxylic acids is 1. The Hall–Kier alpha value is -0.340. The molecule has 0 spiro atoms. The minimum absolute atomic E-state index is 0.0613. The molecule has 0 atom stereocenters. The quantitative estimate of drug-likeness (QED) is 0.669. The van der Waals surface area contributed by atoms with Gasteiger partial charge in [0.1, 0.15) is 0 Å². The summed E-state index contributed by atoms with van der Waals surface area (Å²) >= 11 is 7.12. The zero-order valence-corrected chi connectivity index (χ0v) is 8.34. The van der Waals surface area contributed by atoms with E-state index in [9.17, 15) is 4.79 Å². The van der Waals surface area contributed by atoms with Gasteiger partial charge in [-0.1, -0.05) is 18.5 Å². The lowest BCUT2D eigenvalue weighted by Crippen LogP contribution is -2.09. The van der Waals surface area contributed by atoms with E-state index < -0.39 is 0 Å². The molecule has 0 amide bonds. The summed E-state index contributed by atoms with van der Waals surface area (Å²) in [5.41, 5.74) is -0.0613. The van der Waals surface area contributed by atoms with Gasteiger partial charge in [-0.25, -0.2) is 0 Å². The third-order valence-corrected chi connectivity index (χ3v) is 3.58. The van der Waals surface area contributed by atoms with E-state index in [2.05, 4.69) is 0 Å². The molecule has 0 bridgehead atoms. The maximum absolute atomic E-state index is 11.7. The second-order valence-electron chi connectivity index (χ2n) is 3.49. The molecule has 3 heteroatoms. The van der Waals surface area contributed by atoms with Crippen LogP contribution in [0.15, 0.2) is 12.1 Å². The smallest absolute Gasteiger partial charge is 0.178 e. The summed E-state index contributed by atoms with van der Waals surface area (Å²) in [7, 11) is 0. The maximum atomic E-state index is 11.7. The molecule has 1 aliphatic carbocycles. The number of halogens is 1. The van der Waals surface area contributed by atoms with Crippen molar-refractivity contribution in [3.05, 3.63) is 21.3 Å². The van der Waals surface area contributed by atoms with Crippen LogP contribution in [0.5, 0.6) is 0 Å². The largest absolute Gasteiger partial charge is 0.293 e. The van der Waals surface area contributed by atoms with Crippen molar-refractivity contribution >= 4 is 28.7 Å². The van der Waals surface area contributed by atoms with Gasteiger partial charge in [0.15, 0.2) is 5.78 Å². The van der Waals surface area contributed by atoms with Gasteiger partial charge in [-0.3, -0.25) is 4.79 Å². The molecular weight excluding hydrogens is 192 g/mol. The molecule has 1 nitrogen and oxygen atoms in total. The summed E-state index contributed by atoms with van der Waals surface area (Å²) in [4.78, 5) is 12.5. The minimum atomic E-state index is -0.0613. The van der Waals surface area contributed by atoms with Crippen LogP contribution in [-0.2, 0) is 0 Å². The molecule has 0 radical (unpaired) electrons. The van der Waals surface area contributed by atoms with E-state index in [1.807, 2.05) is 13.0 Å². The van der Waals surface area contributed by atoms with Gasteiger partial charge < -0.3 is 0 Å². The fraction of sp³-hybridized carbons (Fsp3) is 0.444. The third kappa shape index (κ3) is 1.29. The molecule has 0 N–H and O–H groups in total. The summed E-state index contributed by atoms with van der Waals surface area (Å²) in [6.07, 6.45) is 2.06. The van der Waals surface area contributed by atoms with Crippen molar-refractivity contribution in [2.45, 2.75) is 19.8 Å². The van der Waals surface area contributed by atoms with Gasteiger partial charge in [-0.2, -0.15) is 0 Å². The molecule has 0 aliphatic heterocycles. The van der Waals surface area contributed by atoms with E-state index >= 15 is 0 Å². The highest BCUT2D eigenvalue weighted by atomic mass is 35.5. The lowest BCUT2D eigenvalue weighted by Gasteiger charge is -2.02. The van der Waals surface area contributed by atoms with Crippen LogP contribution in [-0.4, -0.2) is 5.78 Å². The van der Waals surface area contributed by atoms with Crippen LogP contribution in [0.4, 0.5) is 0 Å². The zero-order chi connectivity index (χ0) is 8.77. The van der Waals surface area contributed by atoms with Gasteiger partial charge in [0.05, 0.1) is 9.21 Å². The Labute approximate surface area is 80.4 Å². The van der Waals surface area contributed by atoms with E-state index in [0.717, 1.165) is 17.7 Å². The highest BCUT2D eigenvalue weighted by Crippen LogP contribution is 2.48. The molecule has 1 fully saturated rings. The number of thiophene rings is 1. The van der Waals surface area contributed by atoms with Crippen LogP contribution >= 0.6 is 22.9 Å². The summed E-state index contributed by atoms with van der Waals surface area (Å²) < 4.78 is 0.697. The van der Waals surface area contributed by atoms with Crippen LogP contribution in [0, 0.1) is 5.41 Å². The van der Waals surface area contributed by atoms with Crippen molar-refractivity contribution in [2.24, 2.45) is 5.41 Å². The van der Waals surface area contributed by atoms with Crippen LogP contribution in [0.1, 0.15) is 29.4 Å². The summed E-state index contributed by atoms with van der Waals surface area (Å²) in [5.74, 6) is 0.263. The Bertz CT molecular complexity index is 325. The van der Waals surface area contributed by atoms with Crippen molar-refractivity contribution in [1.29, 1.82) is 0 Å². The second-order valence-corrected chi connectivity index (χ2v) is 5.21. The molecular formula is C9H9ClOS. The van der Waals surface area contributed by atoms with Gasteiger partial charge in [0.2, 0.25) is 0 Å². The van der Waals surface area contributed by atoms with Gasteiger partial charge in [0, 0.05) is 5.41 Å². The SMILES string of the molecule is CC1(C(=O)c2ccc(Cl)s2)CC1. The lowest BCUT2D eigenvalue weighted by atomic mass is 10.0. The van der Waals surface area contributed by atoms with Gasteiger partial charge in [0.25, 0.3) is 0 Å². The number of rotatable bonds is 2. The number of Topliss-reactive ketones (excluding diaryl/α,β-unsaturated/α-hetero) is 1.